The van der Waals surface area contributed by atoms with Gasteiger partial charge in [-0.05, 0) is 47.7 Å². The molecule has 0 spiro atoms. The maximum atomic E-state index is 10.4. The van der Waals surface area contributed by atoms with Crippen LogP contribution in [0.4, 0.5) is 0 Å². The van der Waals surface area contributed by atoms with Crippen molar-refractivity contribution in [3.63, 3.8) is 0 Å². The van der Waals surface area contributed by atoms with Crippen molar-refractivity contribution < 1.29 is 63.8 Å². The van der Waals surface area contributed by atoms with E-state index in [1.165, 1.54) is 28.4 Å². The van der Waals surface area contributed by atoms with E-state index in [9.17, 15) is 30.6 Å². The van der Waals surface area contributed by atoms with Gasteiger partial charge in [-0.1, -0.05) is 0 Å². The summed E-state index contributed by atoms with van der Waals surface area (Å²) in [5, 5.41) is 60.8. The van der Waals surface area contributed by atoms with Gasteiger partial charge in [0, 0.05) is 12.5 Å². The molecule has 3 unspecified atom stereocenters. The van der Waals surface area contributed by atoms with E-state index in [0.717, 1.165) is 5.56 Å². The number of methoxy groups -OCH3 is 4. The summed E-state index contributed by atoms with van der Waals surface area (Å²) in [7, 11) is 5.72. The summed E-state index contributed by atoms with van der Waals surface area (Å²) >= 11 is 0. The van der Waals surface area contributed by atoms with Crippen LogP contribution in [0.3, 0.4) is 0 Å². The molecule has 41 heavy (non-hydrogen) atoms. The normalized spacial score (nSPS) is 29.7. The smallest absolute Gasteiger partial charge is 0.229 e. The molecule has 13 heteroatoms. The predicted octanol–water partition coefficient (Wildman–Crippen LogP) is 0.144. The van der Waals surface area contributed by atoms with Crippen LogP contribution < -0.4 is 23.7 Å². The van der Waals surface area contributed by atoms with Gasteiger partial charge in [-0.3, -0.25) is 0 Å². The highest BCUT2D eigenvalue weighted by Crippen LogP contribution is 2.47. The number of hydrogen-bond acceptors (Lipinski definition) is 13. The summed E-state index contributed by atoms with van der Waals surface area (Å²) in [6.07, 6.45) is -7.40. The fourth-order valence-electron chi connectivity index (χ4n) is 5.35. The monoisotopic (exact) mass is 582 g/mol. The van der Waals surface area contributed by atoms with Crippen LogP contribution in [0.15, 0.2) is 24.3 Å². The van der Waals surface area contributed by atoms with E-state index in [1.54, 1.807) is 24.3 Å². The van der Waals surface area contributed by atoms with Crippen molar-refractivity contribution in [1.29, 1.82) is 0 Å². The maximum absolute atomic E-state index is 10.4. The predicted molar refractivity (Wildman–Crippen MR) is 142 cm³/mol. The van der Waals surface area contributed by atoms with Crippen molar-refractivity contribution in [2.24, 2.45) is 11.8 Å². The molecule has 2 heterocycles. The highest BCUT2D eigenvalue weighted by molar-refractivity contribution is 5.55. The topological polar surface area (TPSA) is 186 Å². The highest BCUT2D eigenvalue weighted by atomic mass is 16.7. The van der Waals surface area contributed by atoms with Crippen LogP contribution in [-0.2, 0) is 15.9 Å². The molecule has 0 radical (unpaired) electrons. The van der Waals surface area contributed by atoms with Crippen LogP contribution in [0.25, 0.3) is 0 Å². The largest absolute Gasteiger partial charge is 0.502 e. The van der Waals surface area contributed by atoms with Crippen molar-refractivity contribution in [1.82, 2.24) is 0 Å². The van der Waals surface area contributed by atoms with Gasteiger partial charge in [0.2, 0.25) is 17.8 Å². The van der Waals surface area contributed by atoms with Crippen LogP contribution in [-0.4, -0.2) is 110 Å². The molecule has 2 aliphatic rings. The first kappa shape index (κ1) is 30.9. The molecular weight excluding hydrogens is 544 g/mol. The van der Waals surface area contributed by atoms with Crippen molar-refractivity contribution in [3.05, 3.63) is 35.4 Å². The first-order chi connectivity index (χ1) is 19.7. The van der Waals surface area contributed by atoms with Crippen LogP contribution in [0.5, 0.6) is 34.5 Å². The summed E-state index contributed by atoms with van der Waals surface area (Å²) in [6, 6.07) is 6.75. The van der Waals surface area contributed by atoms with Crippen LogP contribution in [0, 0.1) is 11.8 Å². The number of ether oxygens (including phenoxy) is 7. The molecule has 0 amide bonds. The number of phenolic OH excluding ortho intramolecular Hbond substituents is 1. The van der Waals surface area contributed by atoms with Gasteiger partial charge in [-0.25, -0.2) is 0 Å². The third-order valence-corrected chi connectivity index (χ3v) is 7.63. The molecule has 0 aliphatic carbocycles. The van der Waals surface area contributed by atoms with Gasteiger partial charge in [-0.15, -0.1) is 0 Å². The standard InChI is InChI=1S/C28H38O13/c1-35-17-6-13(7-18(36-2)22(17)31)5-15-12-39-26(16(15)10-29)14-8-19(37-3)27(20(9-14)38-4)41-28-25(34)24(33)23(32)21(11-30)40-28/h6-9,15-16,21,23-26,28-34H,5,10-12H2,1-4H3/t15?,16?,21-,23-,24+,25-,26?,28+/m1/s1. The Balaban J connectivity index is 1.59. The lowest BCUT2D eigenvalue weighted by molar-refractivity contribution is -0.277. The van der Waals surface area contributed by atoms with Crippen LogP contribution >= 0.6 is 0 Å². The minimum absolute atomic E-state index is 0.0569. The molecule has 8 atom stereocenters. The summed E-state index contributed by atoms with van der Waals surface area (Å²) < 4.78 is 39.1. The van der Waals surface area contributed by atoms with Gasteiger partial charge >= 0.3 is 0 Å². The summed E-state index contributed by atoms with van der Waals surface area (Å²) in [6.45, 7) is -0.435. The van der Waals surface area contributed by atoms with E-state index in [1.807, 2.05) is 0 Å². The molecule has 0 aromatic heterocycles. The molecule has 0 saturated carbocycles. The van der Waals surface area contributed by atoms with Crippen molar-refractivity contribution in [3.8, 4) is 34.5 Å². The minimum Gasteiger partial charge on any atom is -0.502 e. The zero-order valence-corrected chi connectivity index (χ0v) is 23.3. The van der Waals surface area contributed by atoms with E-state index < -0.39 is 43.4 Å². The lowest BCUT2D eigenvalue weighted by Gasteiger charge is -2.39. The Kier molecular flexibility index (Phi) is 10.0. The van der Waals surface area contributed by atoms with Gasteiger partial charge in [0.15, 0.2) is 23.0 Å². The fraction of sp³-hybridized carbons (Fsp3) is 0.571. The molecule has 4 rings (SSSR count). The number of aliphatic hydroxyl groups excluding tert-OH is 5. The summed E-state index contributed by atoms with van der Waals surface area (Å²) in [5.41, 5.74) is 1.48. The molecule has 6 N–H and O–H groups in total. The SMILES string of the molecule is COc1cc(CC2COC(c3cc(OC)c(O[C@@H]4O[C@H](CO)[C@@H](O)[C@H](O)[C@H]4O)c(OC)c3)C2CO)cc(OC)c1O. The van der Waals surface area contributed by atoms with Crippen LogP contribution in [0.2, 0.25) is 0 Å². The molecule has 13 nitrogen and oxygen atoms in total. The first-order valence-electron chi connectivity index (χ1n) is 13.1. The Morgan fingerprint density at radius 2 is 1.37 bits per heavy atom. The van der Waals surface area contributed by atoms with Crippen molar-refractivity contribution in [2.45, 2.75) is 43.2 Å². The summed E-state index contributed by atoms with van der Waals surface area (Å²) in [5.74, 6) is 0.517. The van der Waals surface area contributed by atoms with E-state index in [0.29, 0.717) is 18.6 Å². The molecule has 0 bridgehead atoms. The average Bonchev–Trinajstić information content (AvgIpc) is 3.40. The highest BCUT2D eigenvalue weighted by Gasteiger charge is 2.45. The zero-order valence-electron chi connectivity index (χ0n) is 23.3. The Morgan fingerprint density at radius 3 is 1.88 bits per heavy atom. The number of rotatable bonds is 11. The quantitative estimate of drug-likeness (QED) is 0.210. The van der Waals surface area contributed by atoms with Crippen LogP contribution in [0.1, 0.15) is 17.2 Å². The average molecular weight is 583 g/mol. The second-order valence-corrected chi connectivity index (χ2v) is 9.98. The number of benzene rings is 2. The number of aromatic hydroxyl groups is 1. The molecule has 2 aromatic carbocycles. The first-order valence-corrected chi connectivity index (χ1v) is 13.1. The third-order valence-electron chi connectivity index (χ3n) is 7.63. The lowest BCUT2D eigenvalue weighted by atomic mass is 9.84. The van der Waals surface area contributed by atoms with E-state index in [-0.39, 0.29) is 52.9 Å². The van der Waals surface area contributed by atoms with Gasteiger partial charge in [0.05, 0.1) is 47.8 Å². The second-order valence-electron chi connectivity index (χ2n) is 9.98. The summed E-state index contributed by atoms with van der Waals surface area (Å²) in [4.78, 5) is 0. The molecule has 2 saturated heterocycles. The molecule has 2 aliphatic heterocycles. The Labute approximate surface area is 237 Å². The van der Waals surface area contributed by atoms with E-state index in [2.05, 4.69) is 0 Å². The third kappa shape index (κ3) is 6.11. The van der Waals surface area contributed by atoms with Crippen molar-refractivity contribution >= 4 is 0 Å². The molecule has 228 valence electrons. The molecule has 2 aromatic rings. The van der Waals surface area contributed by atoms with Gasteiger partial charge in [0.25, 0.3) is 0 Å². The van der Waals surface area contributed by atoms with Gasteiger partial charge in [-0.2, -0.15) is 0 Å². The van der Waals surface area contributed by atoms with Gasteiger partial charge in [0.1, 0.15) is 24.4 Å². The van der Waals surface area contributed by atoms with Gasteiger partial charge < -0.3 is 63.8 Å². The maximum Gasteiger partial charge on any atom is 0.229 e. The Morgan fingerprint density at radius 1 is 0.780 bits per heavy atom. The molecular formula is C28H38O13. The second kappa shape index (κ2) is 13.3. The molecule has 2 fully saturated rings. The van der Waals surface area contributed by atoms with E-state index in [4.69, 9.17) is 33.2 Å². The Bertz CT molecular complexity index is 1120. The van der Waals surface area contributed by atoms with E-state index >= 15 is 0 Å². The minimum atomic E-state index is -1.63. The fourth-order valence-corrected chi connectivity index (χ4v) is 5.35. The number of phenols is 1. The van der Waals surface area contributed by atoms with Crippen molar-refractivity contribution in [2.75, 3.05) is 48.3 Å². The number of hydrogen-bond donors (Lipinski definition) is 6. The zero-order chi connectivity index (χ0) is 29.8. The number of aliphatic hydroxyl groups is 5. The Hall–Kier alpha value is -3.04. The lowest BCUT2D eigenvalue weighted by Crippen LogP contribution is -2.60.